The molecule has 1 aromatic carbocycles. The fourth-order valence-corrected chi connectivity index (χ4v) is 6.66. The Morgan fingerprint density at radius 2 is 1.74 bits per heavy atom. The first kappa shape index (κ1) is 26.7. The van der Waals surface area contributed by atoms with Crippen molar-refractivity contribution in [3.05, 3.63) is 35.4 Å². The van der Waals surface area contributed by atoms with Crippen LogP contribution in [0, 0.1) is 11.8 Å². The molecule has 3 fully saturated rings. The molecular formula is C29H41N5O4. The molecule has 4 aliphatic rings. The van der Waals surface area contributed by atoms with Crippen LogP contribution in [-0.4, -0.2) is 102 Å². The number of hydrogen-bond donors (Lipinski definition) is 1. The highest BCUT2D eigenvalue weighted by Crippen LogP contribution is 2.33. The van der Waals surface area contributed by atoms with E-state index in [-0.39, 0.29) is 54.3 Å². The van der Waals surface area contributed by atoms with Crippen LogP contribution in [0.3, 0.4) is 0 Å². The van der Waals surface area contributed by atoms with Gasteiger partial charge in [-0.05, 0) is 62.7 Å². The summed E-state index contributed by atoms with van der Waals surface area (Å²) in [5.41, 5.74) is 1.84. The Hall–Kier alpha value is -2.94. The second-order valence-electron chi connectivity index (χ2n) is 11.7. The summed E-state index contributed by atoms with van der Waals surface area (Å²) in [6, 6.07) is 7.34. The molecule has 4 amide bonds. The van der Waals surface area contributed by atoms with E-state index in [1.165, 1.54) is 0 Å². The fraction of sp³-hybridized carbons (Fsp3) is 0.655. The van der Waals surface area contributed by atoms with Crippen molar-refractivity contribution in [1.29, 1.82) is 0 Å². The van der Waals surface area contributed by atoms with Crippen LogP contribution in [0.2, 0.25) is 0 Å². The number of carbonyl (C=O) groups is 4. The van der Waals surface area contributed by atoms with E-state index in [4.69, 9.17) is 0 Å². The highest BCUT2D eigenvalue weighted by Gasteiger charge is 2.43. The van der Waals surface area contributed by atoms with E-state index in [9.17, 15) is 19.2 Å². The molecule has 3 saturated heterocycles. The summed E-state index contributed by atoms with van der Waals surface area (Å²) in [4.78, 5) is 61.3. The van der Waals surface area contributed by atoms with Gasteiger partial charge in [-0.15, -0.1) is 0 Å². The molecule has 1 N–H and O–H groups in total. The SMILES string of the molecule is CN(C)[C@H]1C[C@H]2C(=O)NCc3ccccc3CC(=O)N3CC[C@@H](CC(=O)N4CCCC4)[C@@H](CC(=O)N2C1)C3. The van der Waals surface area contributed by atoms with E-state index < -0.39 is 6.04 Å². The number of carbonyl (C=O) groups excluding carboxylic acids is 4. The van der Waals surface area contributed by atoms with Gasteiger partial charge in [0.25, 0.3) is 0 Å². The Kier molecular flexibility index (Phi) is 8.02. The summed E-state index contributed by atoms with van der Waals surface area (Å²) in [5, 5.41) is 3.05. The van der Waals surface area contributed by atoms with Crippen LogP contribution in [0.5, 0.6) is 0 Å². The quantitative estimate of drug-likeness (QED) is 0.644. The van der Waals surface area contributed by atoms with E-state index in [0.717, 1.165) is 43.5 Å². The lowest BCUT2D eigenvalue weighted by Crippen LogP contribution is -2.50. The molecule has 0 radical (unpaired) electrons. The third kappa shape index (κ3) is 5.72. The minimum absolute atomic E-state index is 0.0364. The predicted molar refractivity (Wildman–Crippen MR) is 143 cm³/mol. The van der Waals surface area contributed by atoms with Crippen molar-refractivity contribution < 1.29 is 19.2 Å². The normalized spacial score (nSPS) is 28.7. The maximum atomic E-state index is 13.8. The van der Waals surface area contributed by atoms with Crippen LogP contribution in [-0.2, 0) is 32.1 Å². The van der Waals surface area contributed by atoms with E-state index in [1.54, 1.807) is 4.90 Å². The number of likely N-dealkylation sites (N-methyl/N-ethyl adjacent to an activating group) is 1. The second-order valence-corrected chi connectivity index (χ2v) is 11.7. The molecule has 0 saturated carbocycles. The van der Waals surface area contributed by atoms with Gasteiger partial charge in [0.15, 0.2) is 0 Å². The lowest BCUT2D eigenvalue weighted by atomic mass is 9.80. The zero-order valence-electron chi connectivity index (χ0n) is 22.7. The van der Waals surface area contributed by atoms with Gasteiger partial charge >= 0.3 is 0 Å². The van der Waals surface area contributed by atoms with Gasteiger partial charge in [-0.3, -0.25) is 19.2 Å². The van der Waals surface area contributed by atoms with Crippen molar-refractivity contribution in [2.24, 2.45) is 11.8 Å². The maximum Gasteiger partial charge on any atom is 0.243 e. The van der Waals surface area contributed by atoms with E-state index in [0.29, 0.717) is 39.0 Å². The van der Waals surface area contributed by atoms with E-state index >= 15 is 0 Å². The Bertz CT molecular complexity index is 1070. The standard InChI is InChI=1S/C29H41N5O4/c1-31(2)24-16-25-29(38)30-17-22-8-4-3-7-20(22)13-27(36)33-12-9-21(14-26(35)32-10-5-6-11-32)23(18-33)15-28(37)34(25)19-24/h3-4,7-8,21,23-25H,5-6,9-19H2,1-2H3,(H,30,38)/t21-,23-,24-,25-/m0/s1. The van der Waals surface area contributed by atoms with Gasteiger partial charge in [-0.2, -0.15) is 0 Å². The van der Waals surface area contributed by atoms with Crippen molar-refractivity contribution in [2.45, 2.75) is 63.6 Å². The second kappa shape index (κ2) is 11.4. The summed E-state index contributed by atoms with van der Waals surface area (Å²) in [7, 11) is 3.97. The lowest BCUT2D eigenvalue weighted by Gasteiger charge is -2.40. The highest BCUT2D eigenvalue weighted by molar-refractivity contribution is 5.89. The molecule has 38 heavy (non-hydrogen) atoms. The summed E-state index contributed by atoms with van der Waals surface area (Å²) in [6.45, 7) is 3.55. The van der Waals surface area contributed by atoms with Gasteiger partial charge < -0.3 is 24.9 Å². The summed E-state index contributed by atoms with van der Waals surface area (Å²) in [5.74, 6) is -0.0480. The minimum Gasteiger partial charge on any atom is -0.350 e. The molecule has 9 nitrogen and oxygen atoms in total. The summed E-state index contributed by atoms with van der Waals surface area (Å²) in [6.07, 6.45) is 4.35. The Morgan fingerprint density at radius 1 is 1.00 bits per heavy atom. The van der Waals surface area contributed by atoms with Crippen molar-refractivity contribution >= 4 is 23.6 Å². The molecule has 206 valence electrons. The number of amides is 4. The van der Waals surface area contributed by atoms with E-state index in [2.05, 4.69) is 10.2 Å². The maximum absolute atomic E-state index is 13.8. The number of piperidine rings is 1. The molecule has 9 heteroatoms. The van der Waals surface area contributed by atoms with Gasteiger partial charge in [0, 0.05) is 58.2 Å². The first-order chi connectivity index (χ1) is 18.3. The van der Waals surface area contributed by atoms with Crippen molar-refractivity contribution in [3.8, 4) is 0 Å². The fourth-order valence-electron chi connectivity index (χ4n) is 6.66. The Labute approximate surface area is 225 Å². The third-order valence-corrected chi connectivity index (χ3v) is 9.12. The third-order valence-electron chi connectivity index (χ3n) is 9.12. The molecule has 2 bridgehead atoms. The number of fused-ring (bicyclic) bond motifs is 4. The number of nitrogens with zero attached hydrogens (tertiary/aromatic N) is 4. The number of hydrogen-bond acceptors (Lipinski definition) is 5. The van der Waals surface area contributed by atoms with Crippen LogP contribution in [0.1, 0.15) is 49.7 Å². The van der Waals surface area contributed by atoms with Gasteiger partial charge in [-0.1, -0.05) is 24.3 Å². The Balaban J connectivity index is 1.42. The number of benzene rings is 1. The molecule has 0 spiro atoms. The average molecular weight is 524 g/mol. The molecular weight excluding hydrogens is 482 g/mol. The van der Waals surface area contributed by atoms with Crippen LogP contribution < -0.4 is 5.32 Å². The van der Waals surface area contributed by atoms with Gasteiger partial charge in [0.05, 0.1) is 6.42 Å². The molecule has 4 heterocycles. The minimum atomic E-state index is -0.518. The van der Waals surface area contributed by atoms with Crippen LogP contribution in [0.25, 0.3) is 0 Å². The Morgan fingerprint density at radius 3 is 2.47 bits per heavy atom. The predicted octanol–water partition coefficient (Wildman–Crippen LogP) is 1.26. The number of rotatable bonds is 3. The monoisotopic (exact) mass is 523 g/mol. The molecule has 0 aromatic heterocycles. The van der Waals surface area contributed by atoms with Crippen molar-refractivity contribution in [1.82, 2.24) is 24.9 Å². The first-order valence-electron chi connectivity index (χ1n) is 14.2. The smallest absolute Gasteiger partial charge is 0.243 e. The molecule has 0 aliphatic carbocycles. The molecule has 1 aromatic rings. The first-order valence-corrected chi connectivity index (χ1v) is 14.2. The zero-order valence-corrected chi connectivity index (χ0v) is 22.7. The summed E-state index contributed by atoms with van der Waals surface area (Å²) >= 11 is 0. The largest absolute Gasteiger partial charge is 0.350 e. The highest BCUT2D eigenvalue weighted by atomic mass is 16.2. The van der Waals surface area contributed by atoms with Crippen LogP contribution in [0.15, 0.2) is 24.3 Å². The van der Waals surface area contributed by atoms with E-state index in [1.807, 2.05) is 48.2 Å². The van der Waals surface area contributed by atoms with Crippen LogP contribution >= 0.6 is 0 Å². The molecule has 5 rings (SSSR count). The average Bonchev–Trinajstić information content (AvgIpc) is 3.59. The topological polar surface area (TPSA) is 93.3 Å². The van der Waals surface area contributed by atoms with Gasteiger partial charge in [0.1, 0.15) is 6.04 Å². The van der Waals surface area contributed by atoms with Crippen molar-refractivity contribution in [3.63, 3.8) is 0 Å². The number of likely N-dealkylation sites (tertiary alicyclic amines) is 1. The van der Waals surface area contributed by atoms with Gasteiger partial charge in [0.2, 0.25) is 23.6 Å². The van der Waals surface area contributed by atoms with Crippen LogP contribution in [0.4, 0.5) is 0 Å². The molecule has 0 unspecified atom stereocenters. The van der Waals surface area contributed by atoms with Crippen molar-refractivity contribution in [2.75, 3.05) is 46.8 Å². The van der Waals surface area contributed by atoms with Gasteiger partial charge in [-0.25, -0.2) is 0 Å². The molecule has 4 atom stereocenters. The zero-order chi connectivity index (χ0) is 26.8. The lowest BCUT2D eigenvalue weighted by molar-refractivity contribution is -0.142. The number of nitrogens with one attached hydrogen (secondary N) is 1. The summed E-state index contributed by atoms with van der Waals surface area (Å²) < 4.78 is 0. The molecule has 4 aliphatic heterocycles.